The SMILES string of the molecule is CCCC(CCC)NC(C)CCCO. The first-order valence-corrected chi connectivity index (χ1v) is 6.11. The van der Waals surface area contributed by atoms with Crippen molar-refractivity contribution in [3.63, 3.8) is 0 Å². The van der Waals surface area contributed by atoms with Crippen molar-refractivity contribution in [2.24, 2.45) is 0 Å². The van der Waals surface area contributed by atoms with Gasteiger partial charge in [0.1, 0.15) is 0 Å². The lowest BCUT2D eigenvalue weighted by molar-refractivity contribution is 0.271. The normalized spacial score (nSPS) is 13.5. The predicted molar refractivity (Wildman–Crippen MR) is 62.5 cm³/mol. The van der Waals surface area contributed by atoms with Crippen molar-refractivity contribution >= 4 is 0 Å². The highest BCUT2D eigenvalue weighted by molar-refractivity contribution is 4.70. The van der Waals surface area contributed by atoms with Crippen LogP contribution in [0.4, 0.5) is 0 Å². The second-order valence-corrected chi connectivity index (χ2v) is 4.21. The molecule has 0 saturated heterocycles. The van der Waals surface area contributed by atoms with E-state index in [4.69, 9.17) is 5.11 Å². The van der Waals surface area contributed by atoms with Crippen LogP contribution in [0.5, 0.6) is 0 Å². The maximum Gasteiger partial charge on any atom is 0.0431 e. The highest BCUT2D eigenvalue weighted by atomic mass is 16.2. The number of nitrogens with one attached hydrogen (secondary N) is 1. The molecule has 2 heteroatoms. The second-order valence-electron chi connectivity index (χ2n) is 4.21. The van der Waals surface area contributed by atoms with Gasteiger partial charge in [-0.1, -0.05) is 26.7 Å². The van der Waals surface area contributed by atoms with Crippen molar-refractivity contribution in [1.29, 1.82) is 0 Å². The average molecular weight is 201 g/mol. The predicted octanol–water partition coefficient (Wildman–Crippen LogP) is 2.71. The van der Waals surface area contributed by atoms with Gasteiger partial charge in [-0.25, -0.2) is 0 Å². The molecule has 0 spiro atoms. The summed E-state index contributed by atoms with van der Waals surface area (Å²) in [7, 11) is 0. The molecule has 2 nitrogen and oxygen atoms in total. The Labute approximate surface area is 89.1 Å². The number of aliphatic hydroxyl groups excluding tert-OH is 1. The van der Waals surface area contributed by atoms with Gasteiger partial charge < -0.3 is 10.4 Å². The molecule has 0 aliphatic rings. The fourth-order valence-corrected chi connectivity index (χ4v) is 1.89. The molecule has 1 unspecified atom stereocenters. The van der Waals surface area contributed by atoms with Gasteiger partial charge in [0.05, 0.1) is 0 Å². The first-order valence-electron chi connectivity index (χ1n) is 6.11. The summed E-state index contributed by atoms with van der Waals surface area (Å²) in [5.41, 5.74) is 0. The van der Waals surface area contributed by atoms with Gasteiger partial charge in [0.25, 0.3) is 0 Å². The third kappa shape index (κ3) is 7.34. The molecule has 86 valence electrons. The zero-order chi connectivity index (χ0) is 10.8. The summed E-state index contributed by atoms with van der Waals surface area (Å²) in [4.78, 5) is 0. The maximum absolute atomic E-state index is 8.73. The van der Waals surface area contributed by atoms with Gasteiger partial charge in [0, 0.05) is 18.7 Å². The van der Waals surface area contributed by atoms with Gasteiger partial charge in [0.2, 0.25) is 0 Å². The molecular weight excluding hydrogens is 174 g/mol. The van der Waals surface area contributed by atoms with Gasteiger partial charge in [0.15, 0.2) is 0 Å². The Bertz CT molecular complexity index is 111. The van der Waals surface area contributed by atoms with E-state index in [2.05, 4.69) is 26.1 Å². The van der Waals surface area contributed by atoms with E-state index in [1.54, 1.807) is 0 Å². The topological polar surface area (TPSA) is 32.3 Å². The fraction of sp³-hybridized carbons (Fsp3) is 1.00. The summed E-state index contributed by atoms with van der Waals surface area (Å²) in [6.07, 6.45) is 7.06. The lowest BCUT2D eigenvalue weighted by Crippen LogP contribution is -2.36. The van der Waals surface area contributed by atoms with E-state index in [1.807, 2.05) is 0 Å². The molecule has 2 N–H and O–H groups in total. The summed E-state index contributed by atoms with van der Waals surface area (Å²) in [6, 6.07) is 1.23. The van der Waals surface area contributed by atoms with E-state index in [9.17, 15) is 0 Å². The Morgan fingerprint density at radius 1 is 1.07 bits per heavy atom. The number of hydrogen-bond donors (Lipinski definition) is 2. The van der Waals surface area contributed by atoms with E-state index in [-0.39, 0.29) is 0 Å². The van der Waals surface area contributed by atoms with Crippen molar-refractivity contribution in [2.45, 2.75) is 71.4 Å². The van der Waals surface area contributed by atoms with Crippen LogP contribution in [0.1, 0.15) is 59.3 Å². The summed E-state index contributed by atoms with van der Waals surface area (Å²) in [5.74, 6) is 0. The summed E-state index contributed by atoms with van der Waals surface area (Å²) >= 11 is 0. The van der Waals surface area contributed by atoms with Gasteiger partial charge in [-0.05, 0) is 32.6 Å². The number of rotatable bonds is 9. The maximum atomic E-state index is 8.73. The second kappa shape index (κ2) is 9.47. The smallest absolute Gasteiger partial charge is 0.0431 e. The van der Waals surface area contributed by atoms with Crippen LogP contribution < -0.4 is 5.32 Å². The molecule has 1 atom stereocenters. The van der Waals surface area contributed by atoms with E-state index >= 15 is 0 Å². The van der Waals surface area contributed by atoms with Crippen LogP contribution in [-0.4, -0.2) is 23.8 Å². The molecule has 14 heavy (non-hydrogen) atoms. The Morgan fingerprint density at radius 2 is 1.64 bits per heavy atom. The molecule has 0 fully saturated rings. The minimum Gasteiger partial charge on any atom is -0.396 e. The minimum atomic E-state index is 0.318. The van der Waals surface area contributed by atoms with E-state index in [0.717, 1.165) is 12.8 Å². The quantitative estimate of drug-likeness (QED) is 0.601. The average Bonchev–Trinajstić information content (AvgIpc) is 2.15. The van der Waals surface area contributed by atoms with Crippen LogP contribution in [0, 0.1) is 0 Å². The van der Waals surface area contributed by atoms with E-state index in [0.29, 0.717) is 18.7 Å². The third-order valence-electron chi connectivity index (χ3n) is 2.59. The van der Waals surface area contributed by atoms with Crippen LogP contribution in [0.25, 0.3) is 0 Å². The Morgan fingerprint density at radius 3 is 2.07 bits per heavy atom. The van der Waals surface area contributed by atoms with Crippen molar-refractivity contribution in [3.05, 3.63) is 0 Å². The molecule has 0 bridgehead atoms. The third-order valence-corrected chi connectivity index (χ3v) is 2.59. The van der Waals surface area contributed by atoms with Crippen molar-refractivity contribution in [3.8, 4) is 0 Å². The van der Waals surface area contributed by atoms with Crippen LogP contribution in [0.2, 0.25) is 0 Å². The molecular formula is C12H27NO. The summed E-state index contributed by atoms with van der Waals surface area (Å²) in [6.45, 7) is 7.01. The molecule has 0 rings (SSSR count). The standard InChI is InChI=1S/C12H27NO/c1-4-7-12(8-5-2)13-11(3)9-6-10-14/h11-14H,4-10H2,1-3H3. The van der Waals surface area contributed by atoms with E-state index < -0.39 is 0 Å². The first-order chi connectivity index (χ1) is 6.74. The molecule has 0 aliphatic carbocycles. The number of aliphatic hydroxyl groups is 1. The summed E-state index contributed by atoms with van der Waals surface area (Å²) in [5, 5.41) is 12.4. The summed E-state index contributed by atoms with van der Waals surface area (Å²) < 4.78 is 0. The lowest BCUT2D eigenvalue weighted by Gasteiger charge is -2.22. The highest BCUT2D eigenvalue weighted by Gasteiger charge is 2.09. The lowest BCUT2D eigenvalue weighted by atomic mass is 10.0. The van der Waals surface area contributed by atoms with Crippen LogP contribution >= 0.6 is 0 Å². The largest absolute Gasteiger partial charge is 0.396 e. The van der Waals surface area contributed by atoms with Crippen LogP contribution in [0.15, 0.2) is 0 Å². The van der Waals surface area contributed by atoms with Gasteiger partial charge in [-0.2, -0.15) is 0 Å². The van der Waals surface area contributed by atoms with Crippen molar-refractivity contribution < 1.29 is 5.11 Å². The Hall–Kier alpha value is -0.0800. The van der Waals surface area contributed by atoms with Gasteiger partial charge in [-0.3, -0.25) is 0 Å². The van der Waals surface area contributed by atoms with Crippen molar-refractivity contribution in [2.75, 3.05) is 6.61 Å². The zero-order valence-corrected chi connectivity index (χ0v) is 10.1. The number of hydrogen-bond acceptors (Lipinski definition) is 2. The molecule has 0 aromatic carbocycles. The molecule has 0 aromatic heterocycles. The van der Waals surface area contributed by atoms with Gasteiger partial charge >= 0.3 is 0 Å². The van der Waals surface area contributed by atoms with E-state index in [1.165, 1.54) is 25.7 Å². The molecule has 0 aromatic rings. The fourth-order valence-electron chi connectivity index (χ4n) is 1.89. The van der Waals surface area contributed by atoms with Gasteiger partial charge in [-0.15, -0.1) is 0 Å². The minimum absolute atomic E-state index is 0.318. The molecule has 0 saturated carbocycles. The van der Waals surface area contributed by atoms with Crippen LogP contribution in [-0.2, 0) is 0 Å². The monoisotopic (exact) mass is 201 g/mol. The zero-order valence-electron chi connectivity index (χ0n) is 10.1. The molecule has 0 radical (unpaired) electrons. The first kappa shape index (κ1) is 13.9. The van der Waals surface area contributed by atoms with Crippen molar-refractivity contribution in [1.82, 2.24) is 5.32 Å². The highest BCUT2D eigenvalue weighted by Crippen LogP contribution is 2.07. The molecule has 0 heterocycles. The Kier molecular flexibility index (Phi) is 9.42. The van der Waals surface area contributed by atoms with Crippen LogP contribution in [0.3, 0.4) is 0 Å². The Balaban J connectivity index is 3.64. The molecule has 0 amide bonds. The molecule has 0 aliphatic heterocycles.